The molecule has 1 unspecified atom stereocenters. The van der Waals surface area contributed by atoms with E-state index in [1.807, 2.05) is 10.8 Å². The third-order valence-corrected chi connectivity index (χ3v) is 8.28. The van der Waals surface area contributed by atoms with Gasteiger partial charge in [-0.15, -0.1) is 5.92 Å². The predicted molar refractivity (Wildman–Crippen MR) is 142 cm³/mol. The molecular weight excluding hydrogens is 419 g/mol. The van der Waals surface area contributed by atoms with Crippen molar-refractivity contribution < 1.29 is 4.79 Å². The van der Waals surface area contributed by atoms with Crippen molar-refractivity contribution in [2.75, 3.05) is 24.6 Å². The predicted octanol–water partition coefficient (Wildman–Crippen LogP) is 6.29. The molecule has 2 radical (unpaired) electrons. The summed E-state index contributed by atoms with van der Waals surface area (Å²) in [5, 5.41) is 6.19. The van der Waals surface area contributed by atoms with Crippen LogP contribution in [0.15, 0.2) is 0 Å². The van der Waals surface area contributed by atoms with Gasteiger partial charge in [-0.05, 0) is 31.5 Å². The second-order valence-corrected chi connectivity index (χ2v) is 11.7. The fourth-order valence-corrected chi connectivity index (χ4v) is 5.78. The molecule has 0 aromatic rings. The molecule has 0 bridgehead atoms. The maximum absolute atomic E-state index is 11.9. The van der Waals surface area contributed by atoms with Crippen molar-refractivity contribution in [3.63, 3.8) is 0 Å². The van der Waals surface area contributed by atoms with Crippen LogP contribution < -0.4 is 10.6 Å². The van der Waals surface area contributed by atoms with Crippen molar-refractivity contribution in [1.29, 1.82) is 0 Å². The van der Waals surface area contributed by atoms with Crippen LogP contribution in [0.25, 0.3) is 0 Å². The number of unbranched alkanes of at least 4 members (excludes halogenated alkanes) is 6. The molecule has 1 rings (SSSR count). The molecule has 1 atom stereocenters. The van der Waals surface area contributed by atoms with Gasteiger partial charge in [-0.1, -0.05) is 98.6 Å². The monoisotopic (exact) mass is 464 g/mol. The first-order valence-corrected chi connectivity index (χ1v) is 15.1. The van der Waals surface area contributed by atoms with Crippen molar-refractivity contribution in [3.05, 3.63) is 0 Å². The average molecular weight is 465 g/mol. The zero-order chi connectivity index (χ0) is 22.6. The first kappa shape index (κ1) is 28.8. The Bertz CT molecular complexity index is 515. The summed E-state index contributed by atoms with van der Waals surface area (Å²) in [7, 11) is 9.92. The molecule has 176 valence electrons. The van der Waals surface area contributed by atoms with Crippen molar-refractivity contribution in [1.82, 2.24) is 10.6 Å². The molecule has 1 fully saturated rings. The van der Waals surface area contributed by atoms with Gasteiger partial charge in [-0.3, -0.25) is 4.79 Å². The first-order valence-electron chi connectivity index (χ1n) is 12.6. The topological polar surface area (TPSA) is 41.1 Å². The highest BCUT2D eigenvalue weighted by atomic mass is 33.1. The fraction of sp³-hybridized carbons (Fsp3) is 0.880. The molecule has 1 saturated carbocycles. The van der Waals surface area contributed by atoms with E-state index in [-0.39, 0.29) is 11.2 Å². The lowest BCUT2D eigenvalue weighted by molar-refractivity contribution is -0.120. The molecule has 3 nitrogen and oxygen atoms in total. The van der Waals surface area contributed by atoms with Gasteiger partial charge in [0.05, 0.1) is 14.4 Å². The molecule has 0 aliphatic heterocycles. The lowest BCUT2D eigenvalue weighted by Crippen LogP contribution is -2.27. The van der Waals surface area contributed by atoms with E-state index in [2.05, 4.69) is 36.3 Å². The SMILES string of the molecule is [B]C1(C#CCNC(=O)CCSSCCNC(C)CCCCCCCCC)CCCCC1. The zero-order valence-corrected chi connectivity index (χ0v) is 21.7. The van der Waals surface area contributed by atoms with Crippen LogP contribution in [0, 0.1) is 11.8 Å². The van der Waals surface area contributed by atoms with E-state index < -0.39 is 0 Å². The number of hydrogen-bond acceptors (Lipinski definition) is 4. The normalized spacial score (nSPS) is 16.3. The Balaban J connectivity index is 1.88. The van der Waals surface area contributed by atoms with E-state index in [1.54, 1.807) is 10.8 Å². The van der Waals surface area contributed by atoms with Gasteiger partial charge in [0.15, 0.2) is 0 Å². The second-order valence-electron chi connectivity index (χ2n) is 8.95. The van der Waals surface area contributed by atoms with Gasteiger partial charge in [0, 0.05) is 30.5 Å². The molecule has 1 amide bonds. The number of carbonyl (C=O) groups excluding carboxylic acids is 1. The van der Waals surface area contributed by atoms with Crippen LogP contribution in [0.4, 0.5) is 0 Å². The summed E-state index contributed by atoms with van der Waals surface area (Å²) in [6.45, 7) is 6.02. The Labute approximate surface area is 202 Å². The first-order chi connectivity index (χ1) is 15.1. The summed E-state index contributed by atoms with van der Waals surface area (Å²) in [6.07, 6.45) is 17.0. The van der Waals surface area contributed by atoms with Gasteiger partial charge in [-0.25, -0.2) is 0 Å². The second kappa shape index (κ2) is 19.2. The highest BCUT2D eigenvalue weighted by Crippen LogP contribution is 2.38. The van der Waals surface area contributed by atoms with Gasteiger partial charge in [-0.2, -0.15) is 0 Å². The number of nitrogens with one attached hydrogen (secondary N) is 2. The number of rotatable bonds is 17. The van der Waals surface area contributed by atoms with Crippen LogP contribution in [0.5, 0.6) is 0 Å². The van der Waals surface area contributed by atoms with Crippen LogP contribution >= 0.6 is 21.6 Å². The van der Waals surface area contributed by atoms with Crippen LogP contribution in [0.1, 0.15) is 104 Å². The van der Waals surface area contributed by atoms with Crippen LogP contribution in [0.2, 0.25) is 5.31 Å². The van der Waals surface area contributed by atoms with Gasteiger partial charge in [0.2, 0.25) is 5.91 Å². The Hall–Kier alpha value is -0.245. The molecule has 0 saturated heterocycles. The number of amides is 1. The highest BCUT2D eigenvalue weighted by Gasteiger charge is 2.23. The molecule has 31 heavy (non-hydrogen) atoms. The smallest absolute Gasteiger partial charge is 0.221 e. The number of hydrogen-bond donors (Lipinski definition) is 2. The third kappa shape index (κ3) is 17.0. The van der Waals surface area contributed by atoms with Crippen molar-refractivity contribution >= 4 is 35.3 Å². The molecule has 6 heteroatoms. The van der Waals surface area contributed by atoms with Crippen LogP contribution in [-0.4, -0.2) is 44.4 Å². The lowest BCUT2D eigenvalue weighted by Gasteiger charge is -2.28. The van der Waals surface area contributed by atoms with E-state index in [1.165, 1.54) is 70.6 Å². The quantitative estimate of drug-likeness (QED) is 0.115. The summed E-state index contributed by atoms with van der Waals surface area (Å²) in [4.78, 5) is 11.9. The van der Waals surface area contributed by atoms with Crippen LogP contribution in [-0.2, 0) is 4.79 Å². The molecule has 0 heterocycles. The van der Waals surface area contributed by atoms with Crippen LogP contribution in [0.3, 0.4) is 0 Å². The van der Waals surface area contributed by atoms with E-state index in [0.717, 1.165) is 30.9 Å². The molecule has 1 aliphatic carbocycles. The Morgan fingerprint density at radius 3 is 2.45 bits per heavy atom. The van der Waals surface area contributed by atoms with E-state index in [9.17, 15) is 4.79 Å². The van der Waals surface area contributed by atoms with Crippen molar-refractivity contribution in [2.24, 2.45) is 0 Å². The van der Waals surface area contributed by atoms with E-state index in [0.29, 0.717) is 19.0 Å². The summed E-state index contributed by atoms with van der Waals surface area (Å²) in [6, 6.07) is 0.606. The standard InChI is InChI=1S/C25H45BN2OS2/c1-3-4-5-6-7-8-10-14-23(2)27-20-22-31-30-21-15-24(29)28-19-13-18-25(26)16-11-9-12-17-25/h23,27H,3-12,14-17,19-22H2,1-2H3,(H,28,29). The molecule has 0 aromatic carbocycles. The molecule has 0 spiro atoms. The minimum absolute atomic E-state index is 0.0820. The lowest BCUT2D eigenvalue weighted by atomic mass is 9.61. The van der Waals surface area contributed by atoms with Crippen molar-refractivity contribution in [2.45, 2.75) is 115 Å². The maximum Gasteiger partial charge on any atom is 0.221 e. The maximum atomic E-state index is 11.9. The van der Waals surface area contributed by atoms with Gasteiger partial charge >= 0.3 is 0 Å². The minimum atomic E-state index is -0.324. The average Bonchev–Trinajstić information content (AvgIpc) is 2.76. The molecular formula is C25H45BN2OS2. The van der Waals surface area contributed by atoms with E-state index in [4.69, 9.17) is 7.85 Å². The van der Waals surface area contributed by atoms with Gasteiger partial charge in [0.25, 0.3) is 0 Å². The summed E-state index contributed by atoms with van der Waals surface area (Å²) < 4.78 is 0. The largest absolute Gasteiger partial charge is 0.345 e. The Kier molecular flexibility index (Phi) is 17.9. The molecule has 2 N–H and O–H groups in total. The zero-order valence-electron chi connectivity index (χ0n) is 20.1. The van der Waals surface area contributed by atoms with Gasteiger partial charge < -0.3 is 10.6 Å². The minimum Gasteiger partial charge on any atom is -0.345 e. The van der Waals surface area contributed by atoms with E-state index >= 15 is 0 Å². The fourth-order valence-electron chi connectivity index (χ4n) is 3.87. The molecule has 0 aromatic heterocycles. The third-order valence-electron chi connectivity index (χ3n) is 5.87. The van der Waals surface area contributed by atoms with Crippen molar-refractivity contribution in [3.8, 4) is 11.8 Å². The summed E-state index contributed by atoms with van der Waals surface area (Å²) in [5.74, 6) is 8.24. The highest BCUT2D eigenvalue weighted by molar-refractivity contribution is 8.76. The Morgan fingerprint density at radius 1 is 1.03 bits per heavy atom. The molecule has 1 aliphatic rings. The summed E-state index contributed by atoms with van der Waals surface area (Å²) >= 11 is 0. The number of carbonyl (C=O) groups is 1. The Morgan fingerprint density at radius 2 is 1.71 bits per heavy atom. The van der Waals surface area contributed by atoms with Gasteiger partial charge in [0.1, 0.15) is 0 Å². The summed E-state index contributed by atoms with van der Waals surface area (Å²) in [5.41, 5.74) is 0.